The number of amides is 1. The Balaban J connectivity index is 1.59. The van der Waals surface area contributed by atoms with Gasteiger partial charge in [-0.2, -0.15) is 0 Å². The molecule has 2 aromatic rings. The van der Waals surface area contributed by atoms with Gasteiger partial charge in [-0.05, 0) is 51.0 Å². The highest BCUT2D eigenvalue weighted by Crippen LogP contribution is 2.26. The van der Waals surface area contributed by atoms with Crippen LogP contribution in [-0.4, -0.2) is 42.9 Å². The van der Waals surface area contributed by atoms with E-state index < -0.39 is 5.60 Å². The number of ether oxygens (including phenoxy) is 2. The lowest BCUT2D eigenvalue weighted by Gasteiger charge is -2.23. The average molecular weight is 433 g/mol. The summed E-state index contributed by atoms with van der Waals surface area (Å²) in [5.74, 6) is 1.53. The first-order chi connectivity index (χ1) is 14.2. The number of carbonyl (C=O) groups is 1. The van der Waals surface area contributed by atoms with E-state index in [1.807, 2.05) is 57.2 Å². The molecule has 3 rings (SSSR count). The van der Waals surface area contributed by atoms with Crippen LogP contribution in [0.15, 0.2) is 36.4 Å². The number of nitrogens with zero attached hydrogens (tertiary/aromatic N) is 2. The Kier molecular flexibility index (Phi) is 6.92. The molecule has 8 heteroatoms. The van der Waals surface area contributed by atoms with Crippen LogP contribution < -0.4 is 20.3 Å². The number of hydrogen-bond acceptors (Lipinski definition) is 6. The summed E-state index contributed by atoms with van der Waals surface area (Å²) >= 11 is 6.26. The molecule has 0 aliphatic carbocycles. The lowest BCUT2D eigenvalue weighted by Crippen LogP contribution is -2.40. The van der Waals surface area contributed by atoms with E-state index in [1.165, 1.54) is 0 Å². The number of rotatable bonds is 6. The van der Waals surface area contributed by atoms with E-state index in [9.17, 15) is 4.79 Å². The number of alkyl carbamates (subject to hydrolysis) is 1. The van der Waals surface area contributed by atoms with Gasteiger partial charge in [-0.25, -0.2) is 9.78 Å². The highest BCUT2D eigenvalue weighted by molar-refractivity contribution is 6.29. The zero-order valence-electron chi connectivity index (χ0n) is 17.9. The first-order valence-corrected chi connectivity index (χ1v) is 10.4. The molecule has 2 heterocycles. The minimum absolute atomic E-state index is 0.0301. The molecule has 7 nitrogen and oxygen atoms in total. The number of benzene rings is 1. The van der Waals surface area contributed by atoms with Crippen molar-refractivity contribution < 1.29 is 14.3 Å². The Labute approximate surface area is 182 Å². The van der Waals surface area contributed by atoms with Crippen LogP contribution in [0.4, 0.5) is 16.3 Å². The highest BCUT2D eigenvalue weighted by atomic mass is 35.5. The molecule has 162 valence electrons. The molecule has 30 heavy (non-hydrogen) atoms. The molecule has 1 aromatic heterocycles. The van der Waals surface area contributed by atoms with Crippen LogP contribution in [0.5, 0.6) is 5.75 Å². The lowest BCUT2D eigenvalue weighted by molar-refractivity contribution is 0.0509. The molecule has 0 bridgehead atoms. The Hall–Kier alpha value is -2.67. The fourth-order valence-corrected chi connectivity index (χ4v) is 3.48. The van der Waals surface area contributed by atoms with E-state index in [-0.39, 0.29) is 12.1 Å². The van der Waals surface area contributed by atoms with Gasteiger partial charge in [0.25, 0.3) is 0 Å². The Bertz CT molecular complexity index is 868. The van der Waals surface area contributed by atoms with Crippen LogP contribution in [0.1, 0.15) is 32.8 Å². The first-order valence-electron chi connectivity index (χ1n) is 10.0. The minimum atomic E-state index is -0.508. The van der Waals surface area contributed by atoms with Crippen molar-refractivity contribution >= 4 is 29.2 Å². The molecule has 0 radical (unpaired) electrons. The summed E-state index contributed by atoms with van der Waals surface area (Å²) in [6.07, 6.45) is 0.456. The van der Waals surface area contributed by atoms with Crippen molar-refractivity contribution in [2.24, 2.45) is 0 Å². The van der Waals surface area contributed by atoms with Gasteiger partial charge < -0.3 is 25.0 Å². The smallest absolute Gasteiger partial charge is 0.407 e. The van der Waals surface area contributed by atoms with Crippen molar-refractivity contribution in [3.63, 3.8) is 0 Å². The van der Waals surface area contributed by atoms with Crippen LogP contribution >= 0.6 is 11.6 Å². The second-order valence-corrected chi connectivity index (χ2v) is 8.70. The predicted octanol–water partition coefficient (Wildman–Crippen LogP) is 4.46. The van der Waals surface area contributed by atoms with Crippen LogP contribution in [0.25, 0.3) is 0 Å². The van der Waals surface area contributed by atoms with Crippen molar-refractivity contribution in [3.8, 4) is 5.75 Å². The second kappa shape index (κ2) is 9.43. The van der Waals surface area contributed by atoms with Gasteiger partial charge in [0.1, 0.15) is 22.3 Å². The molecular formula is C22H29ClN4O3. The van der Waals surface area contributed by atoms with Gasteiger partial charge in [0.2, 0.25) is 0 Å². The van der Waals surface area contributed by atoms with Gasteiger partial charge in [-0.15, -0.1) is 0 Å². The summed E-state index contributed by atoms with van der Waals surface area (Å²) < 4.78 is 10.5. The largest absolute Gasteiger partial charge is 0.497 e. The van der Waals surface area contributed by atoms with Crippen LogP contribution in [-0.2, 0) is 11.3 Å². The Morgan fingerprint density at radius 3 is 2.67 bits per heavy atom. The quantitative estimate of drug-likeness (QED) is 0.656. The van der Waals surface area contributed by atoms with E-state index in [4.69, 9.17) is 21.1 Å². The van der Waals surface area contributed by atoms with E-state index in [0.29, 0.717) is 24.1 Å². The molecule has 0 saturated carbocycles. The standard InChI is InChI=1S/C22H29ClN4O3/c1-22(2,3)30-21(28)25-16-9-10-27(14-16)17-11-19(23)26-20(12-17)24-13-15-5-7-18(29-4)8-6-15/h5-8,11-12,16H,9-10,13-14H2,1-4H3,(H,24,26)(H,25,28)/t16-/m1/s1. The third-order valence-corrected chi connectivity index (χ3v) is 4.88. The molecule has 0 unspecified atom stereocenters. The molecular weight excluding hydrogens is 404 g/mol. The number of anilines is 2. The number of hydrogen-bond donors (Lipinski definition) is 2. The molecule has 1 saturated heterocycles. The minimum Gasteiger partial charge on any atom is -0.497 e. The molecule has 1 atom stereocenters. The summed E-state index contributed by atoms with van der Waals surface area (Å²) in [5, 5.41) is 6.69. The average Bonchev–Trinajstić information content (AvgIpc) is 3.13. The zero-order chi connectivity index (χ0) is 21.7. The lowest BCUT2D eigenvalue weighted by atomic mass is 10.2. The Morgan fingerprint density at radius 2 is 2.00 bits per heavy atom. The summed E-state index contributed by atoms with van der Waals surface area (Å²) in [4.78, 5) is 18.6. The number of pyridine rings is 1. The molecule has 1 aliphatic rings. The number of methoxy groups -OCH3 is 1. The van der Waals surface area contributed by atoms with Crippen LogP contribution in [0.2, 0.25) is 5.15 Å². The number of aromatic nitrogens is 1. The Morgan fingerprint density at radius 1 is 1.27 bits per heavy atom. The van der Waals surface area contributed by atoms with Gasteiger partial charge in [-0.3, -0.25) is 0 Å². The van der Waals surface area contributed by atoms with Crippen molar-refractivity contribution in [1.29, 1.82) is 0 Å². The fourth-order valence-electron chi connectivity index (χ4n) is 3.28. The van der Waals surface area contributed by atoms with Gasteiger partial charge in [0, 0.05) is 31.4 Å². The normalized spacial score (nSPS) is 16.3. The maximum Gasteiger partial charge on any atom is 0.407 e. The van der Waals surface area contributed by atoms with E-state index in [2.05, 4.69) is 20.5 Å². The fraction of sp³-hybridized carbons (Fsp3) is 0.455. The highest BCUT2D eigenvalue weighted by Gasteiger charge is 2.26. The van der Waals surface area contributed by atoms with Crippen LogP contribution in [0, 0.1) is 0 Å². The molecule has 1 amide bonds. The first kappa shape index (κ1) is 22.0. The maximum absolute atomic E-state index is 12.0. The number of nitrogens with one attached hydrogen (secondary N) is 2. The molecule has 1 aliphatic heterocycles. The molecule has 1 aromatic carbocycles. The van der Waals surface area contributed by atoms with E-state index in [0.717, 1.165) is 30.0 Å². The SMILES string of the molecule is COc1ccc(CNc2cc(N3CC[C@@H](NC(=O)OC(C)(C)C)C3)cc(Cl)n2)cc1. The molecule has 1 fully saturated rings. The third-order valence-electron chi connectivity index (χ3n) is 4.69. The van der Waals surface area contributed by atoms with Gasteiger partial charge in [0.15, 0.2) is 0 Å². The van der Waals surface area contributed by atoms with Crippen molar-refractivity contribution in [3.05, 3.63) is 47.1 Å². The van der Waals surface area contributed by atoms with E-state index >= 15 is 0 Å². The predicted molar refractivity (Wildman–Crippen MR) is 120 cm³/mol. The van der Waals surface area contributed by atoms with Crippen molar-refractivity contribution in [2.75, 3.05) is 30.4 Å². The summed E-state index contributed by atoms with van der Waals surface area (Å²) in [6.45, 7) is 7.70. The van der Waals surface area contributed by atoms with Crippen molar-refractivity contribution in [2.45, 2.75) is 45.4 Å². The summed E-state index contributed by atoms with van der Waals surface area (Å²) in [6, 6.07) is 11.7. The van der Waals surface area contributed by atoms with Crippen molar-refractivity contribution in [1.82, 2.24) is 10.3 Å². The second-order valence-electron chi connectivity index (χ2n) is 8.31. The molecule has 2 N–H and O–H groups in total. The topological polar surface area (TPSA) is 75.7 Å². The molecule has 0 spiro atoms. The van der Waals surface area contributed by atoms with Gasteiger partial charge >= 0.3 is 6.09 Å². The number of carbonyl (C=O) groups excluding carboxylic acids is 1. The third kappa shape index (κ3) is 6.42. The summed E-state index contributed by atoms with van der Waals surface area (Å²) in [5.41, 5.74) is 1.58. The zero-order valence-corrected chi connectivity index (χ0v) is 18.6. The monoisotopic (exact) mass is 432 g/mol. The van der Waals surface area contributed by atoms with Crippen LogP contribution in [0.3, 0.4) is 0 Å². The number of halogens is 1. The van der Waals surface area contributed by atoms with Gasteiger partial charge in [-0.1, -0.05) is 23.7 Å². The summed E-state index contributed by atoms with van der Waals surface area (Å²) in [7, 11) is 1.65. The van der Waals surface area contributed by atoms with E-state index in [1.54, 1.807) is 7.11 Å². The maximum atomic E-state index is 12.0. The van der Waals surface area contributed by atoms with Gasteiger partial charge in [0.05, 0.1) is 13.2 Å².